The van der Waals surface area contributed by atoms with Crippen LogP contribution in [-0.4, -0.2) is 25.6 Å². The van der Waals surface area contributed by atoms with Crippen LogP contribution in [0.15, 0.2) is 81.7 Å². The van der Waals surface area contributed by atoms with Gasteiger partial charge in [0, 0.05) is 21.8 Å². The lowest BCUT2D eigenvalue weighted by Gasteiger charge is -2.08. The summed E-state index contributed by atoms with van der Waals surface area (Å²) >= 11 is 7.36. The first-order valence-electron chi connectivity index (χ1n) is 7.82. The zero-order valence-corrected chi connectivity index (χ0v) is 16.6. The normalized spacial score (nSPS) is 11.2. The first-order chi connectivity index (χ1) is 12.9. The van der Waals surface area contributed by atoms with Gasteiger partial charge in [0.2, 0.25) is 9.84 Å². The van der Waals surface area contributed by atoms with Crippen LogP contribution < -0.4 is 5.32 Å². The molecule has 0 atom stereocenters. The Balaban J connectivity index is 1.80. The number of pyridine rings is 1. The Bertz CT molecular complexity index is 1070. The van der Waals surface area contributed by atoms with E-state index in [0.29, 0.717) is 10.7 Å². The molecule has 5 nitrogen and oxygen atoms in total. The minimum atomic E-state index is -3.77. The third-order valence-corrected chi connectivity index (χ3v) is 6.39. The number of halogens is 1. The van der Waals surface area contributed by atoms with Gasteiger partial charge < -0.3 is 5.32 Å². The molecule has 1 aromatic heterocycles. The van der Waals surface area contributed by atoms with Crippen LogP contribution in [0.5, 0.6) is 0 Å². The summed E-state index contributed by atoms with van der Waals surface area (Å²) in [6, 6.07) is 16.0. The van der Waals surface area contributed by atoms with Gasteiger partial charge in [0.25, 0.3) is 5.91 Å². The molecule has 0 aliphatic carbocycles. The Labute approximate surface area is 166 Å². The number of nitrogens with one attached hydrogen (secondary N) is 1. The number of hydrogen-bond acceptors (Lipinski definition) is 5. The van der Waals surface area contributed by atoms with Crippen LogP contribution in [-0.2, 0) is 9.84 Å². The van der Waals surface area contributed by atoms with Crippen molar-refractivity contribution in [1.82, 2.24) is 4.98 Å². The van der Waals surface area contributed by atoms with E-state index in [-0.39, 0.29) is 21.4 Å². The highest BCUT2D eigenvalue weighted by molar-refractivity contribution is 7.98. The predicted octanol–water partition coefficient (Wildman–Crippen LogP) is 4.54. The van der Waals surface area contributed by atoms with E-state index in [9.17, 15) is 13.2 Å². The van der Waals surface area contributed by atoms with E-state index in [4.69, 9.17) is 11.6 Å². The van der Waals surface area contributed by atoms with E-state index < -0.39 is 9.84 Å². The maximum Gasteiger partial charge on any atom is 0.257 e. The first-order valence-corrected chi connectivity index (χ1v) is 10.9. The first kappa shape index (κ1) is 19.4. The van der Waals surface area contributed by atoms with E-state index in [1.165, 1.54) is 42.6 Å². The summed E-state index contributed by atoms with van der Waals surface area (Å²) in [6.45, 7) is 0. The molecule has 0 unspecified atom stereocenters. The molecule has 8 heteroatoms. The largest absolute Gasteiger partial charge is 0.322 e. The van der Waals surface area contributed by atoms with Crippen LogP contribution in [0.2, 0.25) is 5.02 Å². The number of nitrogens with zero attached hydrogens (tertiary/aromatic N) is 1. The molecule has 0 bridgehead atoms. The van der Waals surface area contributed by atoms with Crippen molar-refractivity contribution in [2.75, 3.05) is 11.6 Å². The number of aromatic nitrogens is 1. The van der Waals surface area contributed by atoms with Crippen molar-refractivity contribution in [3.8, 4) is 0 Å². The van der Waals surface area contributed by atoms with Gasteiger partial charge in [-0.15, -0.1) is 11.8 Å². The number of carbonyl (C=O) groups is 1. The number of carbonyl (C=O) groups excluding carboxylic acids is 1. The molecule has 138 valence electrons. The van der Waals surface area contributed by atoms with Gasteiger partial charge in [0.1, 0.15) is 0 Å². The Hall–Kier alpha value is -2.35. The fourth-order valence-electron chi connectivity index (χ4n) is 2.31. The molecule has 0 fully saturated rings. The molecule has 2 aromatic carbocycles. The quantitative estimate of drug-likeness (QED) is 0.615. The van der Waals surface area contributed by atoms with Gasteiger partial charge in [-0.3, -0.25) is 4.79 Å². The topological polar surface area (TPSA) is 76.1 Å². The van der Waals surface area contributed by atoms with Crippen LogP contribution in [0.4, 0.5) is 5.69 Å². The standard InChI is InChI=1S/C19H15ClN2O3S2/c1-26-16-4-2-3-15(11-16)22-19(23)13-5-10-18(21-12-13)27(24,25)17-8-6-14(20)7-9-17/h2-12H,1H3,(H,22,23). The van der Waals surface area contributed by atoms with Crippen molar-refractivity contribution in [2.24, 2.45) is 0 Å². The van der Waals surface area contributed by atoms with Gasteiger partial charge in [0.15, 0.2) is 5.03 Å². The van der Waals surface area contributed by atoms with Crippen LogP contribution in [0.3, 0.4) is 0 Å². The second-order valence-electron chi connectivity index (χ2n) is 5.53. The van der Waals surface area contributed by atoms with Crippen LogP contribution in [0, 0.1) is 0 Å². The molecule has 0 saturated carbocycles. The molecule has 0 saturated heterocycles. The van der Waals surface area contributed by atoms with E-state index >= 15 is 0 Å². The number of anilines is 1. The molecular formula is C19H15ClN2O3S2. The maximum atomic E-state index is 12.6. The Kier molecular flexibility index (Phi) is 5.84. The highest BCUT2D eigenvalue weighted by Crippen LogP contribution is 2.22. The average Bonchev–Trinajstić information content (AvgIpc) is 2.68. The maximum absolute atomic E-state index is 12.6. The van der Waals surface area contributed by atoms with Gasteiger partial charge in [0.05, 0.1) is 10.5 Å². The fraction of sp³-hybridized carbons (Fsp3) is 0.0526. The molecule has 1 N–H and O–H groups in total. The zero-order chi connectivity index (χ0) is 19.4. The van der Waals surface area contributed by atoms with E-state index in [1.807, 2.05) is 24.5 Å². The minimum Gasteiger partial charge on any atom is -0.322 e. The summed E-state index contributed by atoms with van der Waals surface area (Å²) in [6.07, 6.45) is 3.20. The second kappa shape index (κ2) is 8.12. The predicted molar refractivity (Wildman–Crippen MR) is 107 cm³/mol. The smallest absolute Gasteiger partial charge is 0.257 e. The van der Waals surface area contributed by atoms with E-state index in [0.717, 1.165) is 4.90 Å². The summed E-state index contributed by atoms with van der Waals surface area (Å²) < 4.78 is 25.2. The number of rotatable bonds is 5. The average molecular weight is 419 g/mol. The van der Waals surface area contributed by atoms with Crippen molar-refractivity contribution in [3.63, 3.8) is 0 Å². The minimum absolute atomic E-state index is 0.0884. The van der Waals surface area contributed by atoms with Gasteiger partial charge in [-0.2, -0.15) is 0 Å². The Morgan fingerprint density at radius 1 is 1.07 bits per heavy atom. The molecule has 27 heavy (non-hydrogen) atoms. The zero-order valence-electron chi connectivity index (χ0n) is 14.2. The molecule has 3 aromatic rings. The van der Waals surface area contributed by atoms with Crippen molar-refractivity contribution < 1.29 is 13.2 Å². The fourth-order valence-corrected chi connectivity index (χ4v) is 4.07. The lowest BCUT2D eigenvalue weighted by atomic mass is 10.2. The molecular weight excluding hydrogens is 404 g/mol. The lowest BCUT2D eigenvalue weighted by molar-refractivity contribution is 0.102. The van der Waals surface area contributed by atoms with Crippen LogP contribution in [0.1, 0.15) is 10.4 Å². The summed E-state index contributed by atoms with van der Waals surface area (Å²) in [7, 11) is -3.77. The third-order valence-electron chi connectivity index (χ3n) is 3.73. The highest BCUT2D eigenvalue weighted by atomic mass is 35.5. The van der Waals surface area contributed by atoms with Gasteiger partial charge in [-0.25, -0.2) is 13.4 Å². The highest BCUT2D eigenvalue weighted by Gasteiger charge is 2.19. The number of thioether (sulfide) groups is 1. The molecule has 0 aliphatic heterocycles. The Morgan fingerprint density at radius 2 is 1.81 bits per heavy atom. The number of sulfone groups is 1. The second-order valence-corrected chi connectivity index (χ2v) is 8.74. The van der Waals surface area contributed by atoms with Gasteiger partial charge >= 0.3 is 0 Å². The summed E-state index contributed by atoms with van der Waals surface area (Å²) in [5, 5.41) is 3.08. The van der Waals surface area contributed by atoms with E-state index in [1.54, 1.807) is 17.8 Å². The Morgan fingerprint density at radius 3 is 2.44 bits per heavy atom. The van der Waals surface area contributed by atoms with Crippen LogP contribution >= 0.6 is 23.4 Å². The summed E-state index contributed by atoms with van der Waals surface area (Å²) in [5.74, 6) is -0.365. The van der Waals surface area contributed by atoms with Crippen molar-refractivity contribution >= 4 is 44.8 Å². The molecule has 0 radical (unpaired) electrons. The van der Waals surface area contributed by atoms with Gasteiger partial charge in [-0.05, 0) is 60.9 Å². The SMILES string of the molecule is CSc1cccc(NC(=O)c2ccc(S(=O)(=O)c3ccc(Cl)cc3)nc2)c1. The van der Waals surface area contributed by atoms with Crippen LogP contribution in [0.25, 0.3) is 0 Å². The van der Waals surface area contributed by atoms with Crippen molar-refractivity contribution in [1.29, 1.82) is 0 Å². The monoisotopic (exact) mass is 418 g/mol. The number of benzene rings is 2. The number of amides is 1. The third kappa shape index (κ3) is 4.50. The van der Waals surface area contributed by atoms with Crippen molar-refractivity contribution in [2.45, 2.75) is 14.8 Å². The molecule has 1 amide bonds. The summed E-state index contributed by atoms with van der Waals surface area (Å²) in [4.78, 5) is 17.4. The lowest BCUT2D eigenvalue weighted by Crippen LogP contribution is -2.13. The summed E-state index contributed by atoms with van der Waals surface area (Å²) in [5.41, 5.74) is 0.921. The number of hydrogen-bond donors (Lipinski definition) is 1. The molecule has 3 rings (SSSR count). The van der Waals surface area contributed by atoms with Crippen molar-refractivity contribution in [3.05, 3.63) is 77.4 Å². The van der Waals surface area contributed by atoms with Gasteiger partial charge in [-0.1, -0.05) is 17.7 Å². The molecule has 1 heterocycles. The van der Waals surface area contributed by atoms with E-state index in [2.05, 4.69) is 10.3 Å². The molecule has 0 spiro atoms. The molecule has 0 aliphatic rings.